The van der Waals surface area contributed by atoms with Gasteiger partial charge in [-0.1, -0.05) is 96.9 Å². The maximum absolute atomic E-state index is 14.5. The predicted octanol–water partition coefficient (Wildman–Crippen LogP) is 7.05. The van der Waals surface area contributed by atoms with Crippen molar-refractivity contribution in [3.05, 3.63) is 130 Å². The number of nitrogens with one attached hydrogen (secondary N) is 1. The molecule has 0 aliphatic carbocycles. The van der Waals surface area contributed by atoms with E-state index in [9.17, 15) is 18.0 Å². The number of anilines is 1. The zero-order valence-electron chi connectivity index (χ0n) is 25.5. The molecule has 0 fully saturated rings. The fraction of sp³-hybridized carbons (Fsp3) is 0.257. The molecule has 0 saturated heterocycles. The standard InChI is InChI=1S/C35H37Cl2N3O4S/c1-4-25(2)38-35(42)33(22-27-12-7-5-8-13-27)39(23-28-18-20-29(36)21-19-28)34(41)24-40(32-17-11-16-31(37)26(32)3)45(43,44)30-14-9-6-10-15-30/h5-21,25,33H,4,22-24H2,1-3H3,(H,38,42)/t25-,33-/m1/s1. The van der Waals surface area contributed by atoms with E-state index in [1.807, 2.05) is 44.2 Å². The summed E-state index contributed by atoms with van der Waals surface area (Å²) in [4.78, 5) is 29.9. The molecular formula is C35H37Cl2N3O4S. The summed E-state index contributed by atoms with van der Waals surface area (Å²) >= 11 is 12.6. The number of amides is 2. The van der Waals surface area contributed by atoms with Gasteiger partial charge >= 0.3 is 0 Å². The first-order valence-electron chi connectivity index (χ1n) is 14.7. The SMILES string of the molecule is CC[C@@H](C)NC(=O)[C@@H](Cc1ccccc1)N(Cc1ccc(Cl)cc1)C(=O)CN(c1cccc(Cl)c1C)S(=O)(=O)c1ccccc1. The van der Waals surface area contributed by atoms with E-state index in [2.05, 4.69) is 5.32 Å². The Morgan fingerprint density at radius 1 is 0.822 bits per heavy atom. The van der Waals surface area contributed by atoms with Crippen molar-refractivity contribution in [1.29, 1.82) is 0 Å². The van der Waals surface area contributed by atoms with Crippen molar-refractivity contribution in [1.82, 2.24) is 10.2 Å². The summed E-state index contributed by atoms with van der Waals surface area (Å²) in [5.41, 5.74) is 2.37. The second kappa shape index (κ2) is 15.4. The van der Waals surface area contributed by atoms with Crippen LogP contribution in [-0.2, 0) is 32.6 Å². The third kappa shape index (κ3) is 8.66. The van der Waals surface area contributed by atoms with Crippen LogP contribution in [-0.4, -0.2) is 43.8 Å². The molecule has 45 heavy (non-hydrogen) atoms. The van der Waals surface area contributed by atoms with Crippen LogP contribution in [0.5, 0.6) is 0 Å². The molecule has 0 radical (unpaired) electrons. The van der Waals surface area contributed by atoms with Gasteiger partial charge in [-0.15, -0.1) is 0 Å². The summed E-state index contributed by atoms with van der Waals surface area (Å²) in [6.45, 7) is 5.06. The molecule has 4 aromatic rings. The number of carbonyl (C=O) groups is 2. The summed E-state index contributed by atoms with van der Waals surface area (Å²) in [7, 11) is -4.22. The van der Waals surface area contributed by atoms with Crippen LogP contribution >= 0.6 is 23.2 Å². The van der Waals surface area contributed by atoms with Crippen molar-refractivity contribution in [3.8, 4) is 0 Å². The molecule has 10 heteroatoms. The summed E-state index contributed by atoms with van der Waals surface area (Å²) < 4.78 is 29.4. The minimum absolute atomic E-state index is 0.0248. The van der Waals surface area contributed by atoms with Crippen LogP contribution < -0.4 is 9.62 Å². The molecular weight excluding hydrogens is 629 g/mol. The molecule has 2 atom stereocenters. The van der Waals surface area contributed by atoms with Gasteiger partial charge in [0.05, 0.1) is 10.6 Å². The lowest BCUT2D eigenvalue weighted by Crippen LogP contribution is -2.54. The zero-order chi connectivity index (χ0) is 32.6. The van der Waals surface area contributed by atoms with Gasteiger partial charge < -0.3 is 10.2 Å². The first kappa shape index (κ1) is 34.0. The molecule has 2 amide bonds. The molecule has 0 bridgehead atoms. The van der Waals surface area contributed by atoms with E-state index in [1.54, 1.807) is 67.6 Å². The van der Waals surface area contributed by atoms with E-state index in [1.165, 1.54) is 17.0 Å². The Bertz CT molecular complexity index is 1700. The Labute approximate surface area is 275 Å². The van der Waals surface area contributed by atoms with Gasteiger partial charge in [0.25, 0.3) is 10.0 Å². The highest BCUT2D eigenvalue weighted by molar-refractivity contribution is 7.92. The van der Waals surface area contributed by atoms with Gasteiger partial charge in [-0.2, -0.15) is 0 Å². The van der Waals surface area contributed by atoms with Gasteiger partial charge in [-0.05, 0) is 73.4 Å². The smallest absolute Gasteiger partial charge is 0.264 e. The van der Waals surface area contributed by atoms with Crippen LogP contribution in [0.3, 0.4) is 0 Å². The largest absolute Gasteiger partial charge is 0.352 e. The Morgan fingerprint density at radius 2 is 1.44 bits per heavy atom. The van der Waals surface area contributed by atoms with Gasteiger partial charge in [0.1, 0.15) is 12.6 Å². The van der Waals surface area contributed by atoms with Crippen molar-refractivity contribution in [2.75, 3.05) is 10.8 Å². The highest BCUT2D eigenvalue weighted by Gasteiger charge is 2.35. The van der Waals surface area contributed by atoms with E-state index in [-0.39, 0.29) is 35.5 Å². The van der Waals surface area contributed by atoms with Gasteiger partial charge in [0.15, 0.2) is 0 Å². The number of nitrogens with zero attached hydrogens (tertiary/aromatic N) is 2. The average molecular weight is 667 g/mol. The maximum atomic E-state index is 14.5. The first-order valence-corrected chi connectivity index (χ1v) is 16.9. The van der Waals surface area contributed by atoms with Gasteiger partial charge in [0, 0.05) is 29.1 Å². The molecule has 7 nitrogen and oxygen atoms in total. The molecule has 0 aromatic heterocycles. The van der Waals surface area contributed by atoms with E-state index in [0.717, 1.165) is 15.4 Å². The third-order valence-electron chi connectivity index (χ3n) is 7.66. The second-order valence-corrected chi connectivity index (χ2v) is 13.6. The minimum Gasteiger partial charge on any atom is -0.352 e. The molecule has 4 aromatic carbocycles. The van der Waals surface area contributed by atoms with Crippen LogP contribution in [0.1, 0.15) is 37.0 Å². The Hall–Kier alpha value is -3.85. The Balaban J connectivity index is 1.83. The highest BCUT2D eigenvalue weighted by atomic mass is 35.5. The number of rotatable bonds is 13. The number of halogens is 2. The van der Waals surface area contributed by atoms with Crippen LogP contribution in [0.15, 0.2) is 108 Å². The van der Waals surface area contributed by atoms with Gasteiger partial charge in [0.2, 0.25) is 11.8 Å². The quantitative estimate of drug-likeness (QED) is 0.166. The number of carbonyl (C=O) groups excluding carboxylic acids is 2. The lowest BCUT2D eigenvalue weighted by molar-refractivity contribution is -0.140. The fourth-order valence-electron chi connectivity index (χ4n) is 4.88. The number of hydrogen-bond donors (Lipinski definition) is 1. The van der Waals surface area contributed by atoms with Crippen LogP contribution in [0.4, 0.5) is 5.69 Å². The molecule has 236 valence electrons. The molecule has 0 aliphatic heterocycles. The lowest BCUT2D eigenvalue weighted by Gasteiger charge is -2.34. The Morgan fingerprint density at radius 3 is 2.07 bits per heavy atom. The van der Waals surface area contributed by atoms with Gasteiger partial charge in [-0.25, -0.2) is 8.42 Å². The van der Waals surface area contributed by atoms with Crippen molar-refractivity contribution < 1.29 is 18.0 Å². The van der Waals surface area contributed by atoms with Crippen molar-refractivity contribution in [2.24, 2.45) is 0 Å². The zero-order valence-corrected chi connectivity index (χ0v) is 27.8. The summed E-state index contributed by atoms with van der Waals surface area (Å²) in [6.07, 6.45) is 0.927. The number of sulfonamides is 1. The predicted molar refractivity (Wildman–Crippen MR) is 181 cm³/mol. The van der Waals surface area contributed by atoms with E-state index in [0.29, 0.717) is 22.0 Å². The highest BCUT2D eigenvalue weighted by Crippen LogP contribution is 2.31. The molecule has 0 spiro atoms. The minimum atomic E-state index is -4.22. The molecule has 0 aliphatic rings. The molecule has 0 saturated carbocycles. The van der Waals surface area contributed by atoms with Crippen LogP contribution in [0.25, 0.3) is 0 Å². The monoisotopic (exact) mass is 665 g/mol. The number of hydrogen-bond acceptors (Lipinski definition) is 4. The van der Waals surface area contributed by atoms with E-state index < -0.39 is 28.5 Å². The summed E-state index contributed by atoms with van der Waals surface area (Å²) in [6, 6.07) is 28.2. The van der Waals surface area contributed by atoms with Crippen molar-refractivity contribution in [3.63, 3.8) is 0 Å². The molecule has 4 rings (SSSR count). The summed E-state index contributed by atoms with van der Waals surface area (Å²) in [5.74, 6) is -0.879. The molecule has 0 unspecified atom stereocenters. The fourth-order valence-corrected chi connectivity index (χ4v) is 6.67. The maximum Gasteiger partial charge on any atom is 0.264 e. The third-order valence-corrected chi connectivity index (χ3v) is 10.1. The van der Waals surface area contributed by atoms with Crippen molar-refractivity contribution in [2.45, 2.75) is 57.1 Å². The van der Waals surface area contributed by atoms with Crippen molar-refractivity contribution >= 4 is 50.7 Å². The van der Waals surface area contributed by atoms with Crippen LogP contribution in [0.2, 0.25) is 10.0 Å². The van der Waals surface area contributed by atoms with Gasteiger partial charge in [-0.3, -0.25) is 13.9 Å². The average Bonchev–Trinajstić information content (AvgIpc) is 3.04. The normalized spacial score (nSPS) is 12.6. The summed E-state index contributed by atoms with van der Waals surface area (Å²) in [5, 5.41) is 3.93. The lowest BCUT2D eigenvalue weighted by atomic mass is 10.0. The topological polar surface area (TPSA) is 86.8 Å². The second-order valence-electron chi connectivity index (χ2n) is 10.9. The first-order chi connectivity index (χ1) is 21.5. The van der Waals surface area contributed by atoms with E-state index >= 15 is 0 Å². The Kier molecular flexibility index (Phi) is 11.7. The molecule has 1 N–H and O–H groups in total. The van der Waals surface area contributed by atoms with E-state index in [4.69, 9.17) is 23.2 Å². The van der Waals surface area contributed by atoms with Crippen LogP contribution in [0, 0.1) is 6.92 Å². The molecule has 0 heterocycles. The number of benzene rings is 4.